The molecular formula is C20H22N2O3. The van der Waals surface area contributed by atoms with E-state index in [4.69, 9.17) is 14.5 Å². The van der Waals surface area contributed by atoms with Gasteiger partial charge in [0, 0.05) is 5.56 Å². The molecule has 0 aliphatic carbocycles. The smallest absolute Gasteiger partial charge is 0.315 e. The third kappa shape index (κ3) is 3.22. The van der Waals surface area contributed by atoms with Gasteiger partial charge in [0.05, 0.1) is 37.2 Å². The van der Waals surface area contributed by atoms with Crippen LogP contribution >= 0.6 is 0 Å². The lowest BCUT2D eigenvalue weighted by Crippen LogP contribution is -2.17. The number of pyridine rings is 1. The summed E-state index contributed by atoms with van der Waals surface area (Å²) in [6.45, 7) is 4.16. The zero-order valence-corrected chi connectivity index (χ0v) is 14.7. The molecule has 25 heavy (non-hydrogen) atoms. The Morgan fingerprint density at radius 2 is 1.92 bits per heavy atom. The number of nitrogens with zero attached hydrogens (tertiary/aromatic N) is 2. The Hall–Kier alpha value is -2.82. The van der Waals surface area contributed by atoms with Gasteiger partial charge >= 0.3 is 5.97 Å². The van der Waals surface area contributed by atoms with Crippen LogP contribution < -0.4 is 4.74 Å². The van der Waals surface area contributed by atoms with E-state index in [-0.39, 0.29) is 5.97 Å². The Balaban J connectivity index is 2.26. The predicted molar refractivity (Wildman–Crippen MR) is 96.8 cm³/mol. The largest absolute Gasteiger partial charge is 0.495 e. The molecule has 0 amide bonds. The van der Waals surface area contributed by atoms with Crippen LogP contribution in [0.3, 0.4) is 0 Å². The first-order valence-corrected chi connectivity index (χ1v) is 8.47. The van der Waals surface area contributed by atoms with Crippen molar-refractivity contribution in [2.24, 2.45) is 0 Å². The maximum absolute atomic E-state index is 12.6. The van der Waals surface area contributed by atoms with Crippen molar-refractivity contribution in [3.05, 3.63) is 54.4 Å². The van der Waals surface area contributed by atoms with Crippen molar-refractivity contribution in [1.82, 2.24) is 9.38 Å². The highest BCUT2D eigenvalue weighted by Gasteiger charge is 2.28. The topological polar surface area (TPSA) is 52.8 Å². The fourth-order valence-corrected chi connectivity index (χ4v) is 3.02. The van der Waals surface area contributed by atoms with Gasteiger partial charge in [-0.05, 0) is 25.5 Å². The highest BCUT2D eigenvalue weighted by Crippen LogP contribution is 2.33. The first kappa shape index (κ1) is 17.0. The van der Waals surface area contributed by atoms with Crippen LogP contribution in [0.15, 0.2) is 48.7 Å². The number of hydrogen-bond acceptors (Lipinski definition) is 4. The Bertz CT molecular complexity index is 871. The number of rotatable bonds is 6. The van der Waals surface area contributed by atoms with E-state index in [0.29, 0.717) is 18.8 Å². The minimum atomic E-state index is -0.391. The van der Waals surface area contributed by atoms with Gasteiger partial charge in [0.2, 0.25) is 0 Å². The van der Waals surface area contributed by atoms with Gasteiger partial charge in [-0.1, -0.05) is 37.3 Å². The standard InChI is InChI=1S/C20H22N2O3/c1-4-16(20(23)25-5-2)19-18(14-9-7-6-8-10-14)21-17-12-11-15(24-3)13-22(17)19/h6-13,16H,4-5H2,1-3H3. The predicted octanol–water partition coefficient (Wildman–Crippen LogP) is 4.07. The molecule has 0 saturated carbocycles. The number of imidazole rings is 1. The summed E-state index contributed by atoms with van der Waals surface area (Å²) in [6, 6.07) is 13.7. The third-order valence-corrected chi connectivity index (χ3v) is 4.22. The van der Waals surface area contributed by atoms with Gasteiger partial charge in [-0.25, -0.2) is 4.98 Å². The molecular weight excluding hydrogens is 316 g/mol. The molecule has 0 radical (unpaired) electrons. The minimum absolute atomic E-state index is 0.230. The van der Waals surface area contributed by atoms with E-state index in [1.807, 2.05) is 66.9 Å². The molecule has 0 spiro atoms. The van der Waals surface area contributed by atoms with Crippen molar-refractivity contribution < 1.29 is 14.3 Å². The number of hydrogen-bond donors (Lipinski definition) is 0. The van der Waals surface area contributed by atoms with Crippen molar-refractivity contribution >= 4 is 11.6 Å². The molecule has 0 aliphatic heterocycles. The molecule has 3 aromatic rings. The van der Waals surface area contributed by atoms with E-state index in [9.17, 15) is 4.79 Å². The van der Waals surface area contributed by atoms with Crippen LogP contribution in [0.2, 0.25) is 0 Å². The highest BCUT2D eigenvalue weighted by atomic mass is 16.5. The SMILES string of the molecule is CCOC(=O)C(CC)c1c(-c2ccccc2)nc2ccc(OC)cn12. The van der Waals surface area contributed by atoms with Gasteiger partial charge in [-0.3, -0.25) is 9.20 Å². The van der Waals surface area contributed by atoms with Crippen LogP contribution in [-0.2, 0) is 9.53 Å². The zero-order chi connectivity index (χ0) is 17.8. The summed E-state index contributed by atoms with van der Waals surface area (Å²) in [5, 5.41) is 0. The number of fused-ring (bicyclic) bond motifs is 1. The number of benzene rings is 1. The van der Waals surface area contributed by atoms with Gasteiger partial charge in [0.1, 0.15) is 11.4 Å². The van der Waals surface area contributed by atoms with Crippen LogP contribution in [0.5, 0.6) is 5.75 Å². The summed E-state index contributed by atoms with van der Waals surface area (Å²) >= 11 is 0. The van der Waals surface area contributed by atoms with E-state index < -0.39 is 5.92 Å². The molecule has 0 N–H and O–H groups in total. The van der Waals surface area contributed by atoms with Crippen molar-refractivity contribution in [2.75, 3.05) is 13.7 Å². The average molecular weight is 338 g/mol. The lowest BCUT2D eigenvalue weighted by molar-refractivity contribution is -0.145. The summed E-state index contributed by atoms with van der Waals surface area (Å²) in [4.78, 5) is 17.3. The lowest BCUT2D eigenvalue weighted by Gasteiger charge is -2.16. The Kier molecular flexibility index (Phi) is 5.03. The number of aromatic nitrogens is 2. The van der Waals surface area contributed by atoms with Gasteiger partial charge in [-0.15, -0.1) is 0 Å². The second-order valence-electron chi connectivity index (χ2n) is 5.72. The molecule has 130 valence electrons. The summed E-state index contributed by atoms with van der Waals surface area (Å²) in [5.41, 5.74) is 3.38. The molecule has 0 fully saturated rings. The number of methoxy groups -OCH3 is 1. The quantitative estimate of drug-likeness (QED) is 0.636. The third-order valence-electron chi connectivity index (χ3n) is 4.22. The Labute approximate surface area is 147 Å². The van der Waals surface area contributed by atoms with E-state index in [2.05, 4.69) is 0 Å². The Morgan fingerprint density at radius 1 is 1.16 bits per heavy atom. The normalized spacial score (nSPS) is 12.1. The van der Waals surface area contributed by atoms with E-state index in [1.54, 1.807) is 7.11 Å². The number of esters is 1. The van der Waals surface area contributed by atoms with Crippen LogP contribution in [0, 0.1) is 0 Å². The Morgan fingerprint density at radius 3 is 2.56 bits per heavy atom. The van der Waals surface area contributed by atoms with Crippen molar-refractivity contribution in [3.8, 4) is 17.0 Å². The molecule has 5 heteroatoms. The molecule has 0 aliphatic rings. The van der Waals surface area contributed by atoms with E-state index in [0.717, 1.165) is 22.6 Å². The van der Waals surface area contributed by atoms with Crippen LogP contribution in [0.25, 0.3) is 16.9 Å². The van der Waals surface area contributed by atoms with Crippen LogP contribution in [-0.4, -0.2) is 29.1 Å². The zero-order valence-electron chi connectivity index (χ0n) is 14.7. The molecule has 1 aromatic carbocycles. The summed E-state index contributed by atoms with van der Waals surface area (Å²) in [5.74, 6) is 0.0912. The second kappa shape index (κ2) is 7.38. The number of carbonyl (C=O) groups is 1. The highest BCUT2D eigenvalue weighted by molar-refractivity contribution is 5.82. The average Bonchev–Trinajstić information content (AvgIpc) is 3.02. The monoisotopic (exact) mass is 338 g/mol. The maximum atomic E-state index is 12.6. The molecule has 2 aromatic heterocycles. The summed E-state index contributed by atoms with van der Waals surface area (Å²) in [6.07, 6.45) is 2.50. The lowest BCUT2D eigenvalue weighted by atomic mass is 9.97. The van der Waals surface area contributed by atoms with Gasteiger partial charge < -0.3 is 9.47 Å². The van der Waals surface area contributed by atoms with Crippen LogP contribution in [0.4, 0.5) is 0 Å². The summed E-state index contributed by atoms with van der Waals surface area (Å²) < 4.78 is 12.6. The molecule has 5 nitrogen and oxygen atoms in total. The fraction of sp³-hybridized carbons (Fsp3) is 0.300. The maximum Gasteiger partial charge on any atom is 0.315 e. The van der Waals surface area contributed by atoms with E-state index in [1.165, 1.54) is 0 Å². The number of carbonyl (C=O) groups excluding carboxylic acids is 1. The molecule has 1 atom stereocenters. The van der Waals surface area contributed by atoms with Crippen molar-refractivity contribution in [1.29, 1.82) is 0 Å². The number of ether oxygens (including phenoxy) is 2. The first-order valence-electron chi connectivity index (χ1n) is 8.47. The van der Waals surface area contributed by atoms with Crippen LogP contribution in [0.1, 0.15) is 31.9 Å². The first-order chi connectivity index (χ1) is 12.2. The van der Waals surface area contributed by atoms with Crippen molar-refractivity contribution in [2.45, 2.75) is 26.2 Å². The van der Waals surface area contributed by atoms with Gasteiger partial charge in [0.15, 0.2) is 0 Å². The molecule has 1 unspecified atom stereocenters. The molecule has 3 rings (SSSR count). The molecule has 0 bridgehead atoms. The van der Waals surface area contributed by atoms with E-state index >= 15 is 0 Å². The van der Waals surface area contributed by atoms with Gasteiger partial charge in [-0.2, -0.15) is 0 Å². The second-order valence-corrected chi connectivity index (χ2v) is 5.72. The minimum Gasteiger partial charge on any atom is -0.495 e. The van der Waals surface area contributed by atoms with Gasteiger partial charge in [0.25, 0.3) is 0 Å². The summed E-state index contributed by atoms with van der Waals surface area (Å²) in [7, 11) is 1.62. The van der Waals surface area contributed by atoms with Crippen molar-refractivity contribution in [3.63, 3.8) is 0 Å². The fourth-order valence-electron chi connectivity index (χ4n) is 3.02. The molecule has 0 saturated heterocycles. The molecule has 2 heterocycles.